The van der Waals surface area contributed by atoms with E-state index in [0.717, 1.165) is 11.6 Å². The maximum absolute atomic E-state index is 13.3. The van der Waals surface area contributed by atoms with E-state index in [1.165, 1.54) is 6.08 Å². The molecule has 0 aromatic carbocycles. The molecule has 8 unspecified atom stereocenters. The molecule has 2 aliphatic heterocycles. The van der Waals surface area contributed by atoms with Crippen LogP contribution >= 0.6 is 0 Å². The highest BCUT2D eigenvalue weighted by Crippen LogP contribution is 2.28. The van der Waals surface area contributed by atoms with E-state index in [0.29, 0.717) is 5.57 Å². The quantitative estimate of drug-likeness (QED) is 0.332. The second-order valence-electron chi connectivity index (χ2n) is 9.96. The number of rotatable bonds is 7. The molecule has 0 aromatic heterocycles. The molecule has 1 fully saturated rings. The molecule has 1 saturated heterocycles. The SMILES string of the molecule is CC=C(C)C1CC=C(C)C(OC2OC(CO)C(O)C2O)C(OC(=O)CC(C)C)C(=O)C=CC(C)C(=O)O1. The molecule has 10 nitrogen and oxygen atoms in total. The molecule has 0 aliphatic carbocycles. The summed E-state index contributed by atoms with van der Waals surface area (Å²) in [6.07, 6.45) is -2.26. The average molecular weight is 525 g/mol. The van der Waals surface area contributed by atoms with Gasteiger partial charge in [-0.25, -0.2) is 0 Å². The van der Waals surface area contributed by atoms with Crippen LogP contribution in [0.4, 0.5) is 0 Å². The summed E-state index contributed by atoms with van der Waals surface area (Å²) in [6, 6.07) is 0. The van der Waals surface area contributed by atoms with Crippen LogP contribution in [0, 0.1) is 11.8 Å². The lowest BCUT2D eigenvalue weighted by atomic mass is 9.97. The zero-order valence-corrected chi connectivity index (χ0v) is 22.3. The summed E-state index contributed by atoms with van der Waals surface area (Å²) in [4.78, 5) is 38.5. The largest absolute Gasteiger partial charge is 0.457 e. The molecule has 8 atom stereocenters. The Morgan fingerprint density at radius 3 is 2.46 bits per heavy atom. The smallest absolute Gasteiger partial charge is 0.313 e. The van der Waals surface area contributed by atoms with Gasteiger partial charge in [0.05, 0.1) is 12.5 Å². The number of allylic oxidation sites excluding steroid dienone is 1. The van der Waals surface area contributed by atoms with Gasteiger partial charge in [-0.2, -0.15) is 0 Å². The van der Waals surface area contributed by atoms with E-state index in [1.54, 1.807) is 19.9 Å². The standard InChI is InChI=1S/C27H40O10/c1-7-15(4)19-11-9-16(5)24(37-27-23(32)22(31)20(13-28)35-27)25(36-21(30)12-14(2)3)18(29)10-8-17(6)26(33)34-19/h7-10,14,17,19-20,22-25,27-28,31-32H,11-13H2,1-6H3. The maximum Gasteiger partial charge on any atom is 0.313 e. The van der Waals surface area contributed by atoms with Crippen molar-refractivity contribution in [2.45, 2.75) is 97.3 Å². The number of carbonyl (C=O) groups is 3. The van der Waals surface area contributed by atoms with Crippen molar-refractivity contribution in [2.75, 3.05) is 6.61 Å². The molecule has 0 aromatic rings. The fourth-order valence-corrected chi connectivity index (χ4v) is 3.91. The van der Waals surface area contributed by atoms with Crippen molar-refractivity contribution in [1.29, 1.82) is 0 Å². The van der Waals surface area contributed by atoms with Gasteiger partial charge in [-0.15, -0.1) is 0 Å². The summed E-state index contributed by atoms with van der Waals surface area (Å²) >= 11 is 0. The minimum atomic E-state index is -1.51. The van der Waals surface area contributed by atoms with Crippen molar-refractivity contribution in [1.82, 2.24) is 0 Å². The van der Waals surface area contributed by atoms with Gasteiger partial charge in [0.25, 0.3) is 0 Å². The van der Waals surface area contributed by atoms with Gasteiger partial charge in [-0.3, -0.25) is 14.4 Å². The summed E-state index contributed by atoms with van der Waals surface area (Å²) in [5, 5.41) is 30.1. The lowest BCUT2D eigenvalue weighted by molar-refractivity contribution is -0.208. The average Bonchev–Trinajstić information content (AvgIpc) is 3.12. The molecule has 0 radical (unpaired) electrons. The van der Waals surface area contributed by atoms with Crippen LogP contribution < -0.4 is 0 Å². The summed E-state index contributed by atoms with van der Waals surface area (Å²) < 4.78 is 22.7. The van der Waals surface area contributed by atoms with Crippen molar-refractivity contribution >= 4 is 17.7 Å². The Bertz CT molecular complexity index is 905. The van der Waals surface area contributed by atoms with E-state index < -0.39 is 73.2 Å². The van der Waals surface area contributed by atoms with E-state index >= 15 is 0 Å². The van der Waals surface area contributed by atoms with Crippen LogP contribution in [0.25, 0.3) is 0 Å². The highest BCUT2D eigenvalue weighted by atomic mass is 16.7. The second-order valence-corrected chi connectivity index (χ2v) is 9.96. The molecule has 0 saturated carbocycles. The molecule has 3 N–H and O–H groups in total. The Hall–Kier alpha value is -2.37. The minimum absolute atomic E-state index is 0.0276. The van der Waals surface area contributed by atoms with E-state index in [1.807, 2.05) is 33.8 Å². The van der Waals surface area contributed by atoms with Crippen LogP contribution in [0.3, 0.4) is 0 Å². The number of aliphatic hydroxyl groups excluding tert-OH is 3. The third-order valence-electron chi connectivity index (χ3n) is 6.41. The fourth-order valence-electron chi connectivity index (χ4n) is 3.91. The highest BCUT2D eigenvalue weighted by molar-refractivity contribution is 5.96. The van der Waals surface area contributed by atoms with Crippen LogP contribution in [-0.2, 0) is 33.3 Å². The molecular weight excluding hydrogens is 484 g/mol. The topological polar surface area (TPSA) is 149 Å². The van der Waals surface area contributed by atoms with E-state index in [-0.39, 0.29) is 18.8 Å². The Kier molecular flexibility index (Phi) is 11.6. The van der Waals surface area contributed by atoms with Crippen molar-refractivity contribution in [3.05, 3.63) is 35.5 Å². The highest BCUT2D eigenvalue weighted by Gasteiger charge is 2.46. The number of hydrogen-bond donors (Lipinski definition) is 3. The van der Waals surface area contributed by atoms with Crippen LogP contribution in [-0.4, -0.2) is 82.6 Å². The molecule has 0 spiro atoms. The number of esters is 2. The number of carbonyl (C=O) groups excluding carboxylic acids is 3. The Labute approximate surface area is 217 Å². The molecule has 0 bridgehead atoms. The maximum atomic E-state index is 13.3. The predicted molar refractivity (Wildman–Crippen MR) is 133 cm³/mol. The van der Waals surface area contributed by atoms with Crippen LogP contribution in [0.5, 0.6) is 0 Å². The summed E-state index contributed by atoms with van der Waals surface area (Å²) in [6.45, 7) is 10.0. The lowest BCUT2D eigenvalue weighted by Crippen LogP contribution is -2.45. The van der Waals surface area contributed by atoms with Gasteiger partial charge in [0.2, 0.25) is 0 Å². The first-order valence-corrected chi connectivity index (χ1v) is 12.6. The normalized spacial score (nSPS) is 34.0. The van der Waals surface area contributed by atoms with Gasteiger partial charge in [-0.1, -0.05) is 32.1 Å². The Morgan fingerprint density at radius 1 is 1.22 bits per heavy atom. The van der Waals surface area contributed by atoms with Crippen molar-refractivity contribution in [3.63, 3.8) is 0 Å². The molecule has 2 heterocycles. The summed E-state index contributed by atoms with van der Waals surface area (Å²) in [5.74, 6) is -2.53. The van der Waals surface area contributed by atoms with Crippen molar-refractivity contribution < 1.29 is 48.7 Å². The monoisotopic (exact) mass is 524 g/mol. The van der Waals surface area contributed by atoms with Crippen molar-refractivity contribution in [2.24, 2.45) is 11.8 Å². The molecule has 10 heteroatoms. The van der Waals surface area contributed by atoms with Crippen LogP contribution in [0.1, 0.15) is 54.4 Å². The van der Waals surface area contributed by atoms with Gasteiger partial charge in [0, 0.05) is 12.8 Å². The van der Waals surface area contributed by atoms with Gasteiger partial charge < -0.3 is 34.3 Å². The second kappa shape index (κ2) is 14.0. The number of cyclic esters (lactones) is 1. The van der Waals surface area contributed by atoms with Gasteiger partial charge >= 0.3 is 11.9 Å². The fraction of sp³-hybridized carbons (Fsp3) is 0.667. The summed E-state index contributed by atoms with van der Waals surface area (Å²) in [5.41, 5.74) is 1.28. The molecule has 2 rings (SSSR count). The number of aliphatic hydroxyl groups is 3. The molecule has 37 heavy (non-hydrogen) atoms. The molecular formula is C27H40O10. The van der Waals surface area contributed by atoms with Gasteiger partial charge in [-0.05, 0) is 50.8 Å². The third-order valence-corrected chi connectivity index (χ3v) is 6.41. The van der Waals surface area contributed by atoms with Gasteiger partial charge in [0.1, 0.15) is 30.5 Å². The Morgan fingerprint density at radius 2 is 1.89 bits per heavy atom. The van der Waals surface area contributed by atoms with E-state index in [2.05, 4.69) is 0 Å². The predicted octanol–water partition coefficient (Wildman–Crippen LogP) is 1.76. The van der Waals surface area contributed by atoms with E-state index in [9.17, 15) is 29.7 Å². The number of hydrogen-bond acceptors (Lipinski definition) is 10. The molecule has 2 aliphatic rings. The molecule has 208 valence electrons. The minimum Gasteiger partial charge on any atom is -0.457 e. The zero-order chi connectivity index (χ0) is 27.9. The zero-order valence-electron chi connectivity index (χ0n) is 22.3. The first-order chi connectivity index (χ1) is 17.4. The number of ketones is 1. The van der Waals surface area contributed by atoms with Crippen LogP contribution in [0.15, 0.2) is 35.5 Å². The van der Waals surface area contributed by atoms with Crippen LogP contribution in [0.2, 0.25) is 0 Å². The van der Waals surface area contributed by atoms with Crippen molar-refractivity contribution in [3.8, 4) is 0 Å². The van der Waals surface area contributed by atoms with Gasteiger partial charge in [0.15, 0.2) is 18.2 Å². The lowest BCUT2D eigenvalue weighted by Gasteiger charge is -2.30. The first kappa shape index (κ1) is 30.9. The number of ether oxygens (including phenoxy) is 4. The first-order valence-electron chi connectivity index (χ1n) is 12.6. The third kappa shape index (κ3) is 8.31. The Balaban J connectivity index is 2.53. The summed E-state index contributed by atoms with van der Waals surface area (Å²) in [7, 11) is 0. The molecule has 0 amide bonds. The van der Waals surface area contributed by atoms with E-state index in [4.69, 9.17) is 18.9 Å².